The lowest BCUT2D eigenvalue weighted by Gasteiger charge is -2.29. The number of amides is 2. The van der Waals surface area contributed by atoms with Gasteiger partial charge in [0.15, 0.2) is 0 Å². The normalized spacial score (nSPS) is 17.5. The van der Waals surface area contributed by atoms with Gasteiger partial charge in [-0.15, -0.1) is 0 Å². The summed E-state index contributed by atoms with van der Waals surface area (Å²) in [5.74, 6) is -0.790. The number of nitrogens with zero attached hydrogens (tertiary/aromatic N) is 2. The second kappa shape index (κ2) is 10.9. The molecule has 192 valence electrons. The summed E-state index contributed by atoms with van der Waals surface area (Å²) in [6.45, 7) is 3.20. The van der Waals surface area contributed by atoms with Gasteiger partial charge in [0.25, 0.3) is 11.8 Å². The first-order valence-corrected chi connectivity index (χ1v) is 12.2. The third-order valence-corrected chi connectivity index (χ3v) is 6.61. The van der Waals surface area contributed by atoms with E-state index < -0.39 is 17.8 Å². The molecule has 0 aromatic heterocycles. The SMILES string of the molecule is COc1cc(N2CCOCC2)ccc1C(=O)N[C@H]1CNc2ccc(F)cc2N(Cc2ccccc2)C1=O. The minimum absolute atomic E-state index is 0.155. The Morgan fingerprint density at radius 1 is 1.11 bits per heavy atom. The van der Waals surface area contributed by atoms with E-state index in [2.05, 4.69) is 15.5 Å². The van der Waals surface area contributed by atoms with Crippen LogP contribution in [0.3, 0.4) is 0 Å². The van der Waals surface area contributed by atoms with Crippen LogP contribution in [0, 0.1) is 5.82 Å². The molecule has 3 aromatic rings. The molecule has 0 radical (unpaired) electrons. The van der Waals surface area contributed by atoms with Crippen LogP contribution in [0.25, 0.3) is 0 Å². The van der Waals surface area contributed by atoms with Gasteiger partial charge in [-0.25, -0.2) is 4.39 Å². The molecular formula is C28H29FN4O4. The first-order valence-electron chi connectivity index (χ1n) is 12.2. The topological polar surface area (TPSA) is 83.1 Å². The maximum atomic E-state index is 14.2. The number of hydrogen-bond donors (Lipinski definition) is 2. The summed E-state index contributed by atoms with van der Waals surface area (Å²) in [4.78, 5) is 30.7. The number of benzene rings is 3. The van der Waals surface area contributed by atoms with Crippen LogP contribution in [-0.2, 0) is 16.1 Å². The smallest absolute Gasteiger partial charge is 0.255 e. The molecule has 37 heavy (non-hydrogen) atoms. The molecule has 5 rings (SSSR count). The average Bonchev–Trinajstić information content (AvgIpc) is 3.06. The van der Waals surface area contributed by atoms with Crippen molar-refractivity contribution in [3.05, 3.63) is 83.7 Å². The molecular weight excluding hydrogens is 475 g/mol. The number of morpholine rings is 1. The highest BCUT2D eigenvalue weighted by atomic mass is 19.1. The number of fused-ring (bicyclic) bond motifs is 1. The molecule has 2 N–H and O–H groups in total. The molecule has 1 saturated heterocycles. The fraction of sp³-hybridized carbons (Fsp3) is 0.286. The maximum absolute atomic E-state index is 14.2. The highest BCUT2D eigenvalue weighted by molar-refractivity contribution is 6.06. The molecule has 2 aliphatic heterocycles. The average molecular weight is 505 g/mol. The highest BCUT2D eigenvalue weighted by Crippen LogP contribution is 2.32. The van der Waals surface area contributed by atoms with Gasteiger partial charge in [-0.3, -0.25) is 9.59 Å². The van der Waals surface area contributed by atoms with Crippen molar-refractivity contribution < 1.29 is 23.5 Å². The lowest BCUT2D eigenvalue weighted by molar-refractivity contribution is -0.120. The number of rotatable bonds is 6. The van der Waals surface area contributed by atoms with E-state index in [0.29, 0.717) is 35.9 Å². The van der Waals surface area contributed by atoms with E-state index in [0.717, 1.165) is 24.3 Å². The molecule has 3 aromatic carbocycles. The predicted molar refractivity (Wildman–Crippen MR) is 140 cm³/mol. The molecule has 1 fully saturated rings. The van der Waals surface area contributed by atoms with E-state index in [1.807, 2.05) is 42.5 Å². The van der Waals surface area contributed by atoms with Crippen LogP contribution in [0.4, 0.5) is 21.5 Å². The summed E-state index contributed by atoms with van der Waals surface area (Å²) in [5.41, 5.74) is 3.21. The van der Waals surface area contributed by atoms with Gasteiger partial charge in [0.1, 0.15) is 17.6 Å². The Morgan fingerprint density at radius 3 is 2.65 bits per heavy atom. The molecule has 1 atom stereocenters. The molecule has 0 unspecified atom stereocenters. The van der Waals surface area contributed by atoms with Crippen molar-refractivity contribution in [1.82, 2.24) is 5.32 Å². The Kier molecular flexibility index (Phi) is 7.23. The van der Waals surface area contributed by atoms with Crippen LogP contribution < -0.4 is 25.2 Å². The van der Waals surface area contributed by atoms with Crippen molar-refractivity contribution in [3.63, 3.8) is 0 Å². The first-order chi connectivity index (χ1) is 18.0. The molecule has 8 nitrogen and oxygen atoms in total. The first kappa shape index (κ1) is 24.6. The second-order valence-corrected chi connectivity index (χ2v) is 8.96. The summed E-state index contributed by atoms with van der Waals surface area (Å²) in [6.07, 6.45) is 0. The van der Waals surface area contributed by atoms with E-state index in [1.165, 1.54) is 24.1 Å². The third kappa shape index (κ3) is 5.36. The van der Waals surface area contributed by atoms with Crippen molar-refractivity contribution in [3.8, 4) is 5.75 Å². The van der Waals surface area contributed by atoms with E-state index in [4.69, 9.17) is 9.47 Å². The zero-order valence-corrected chi connectivity index (χ0v) is 20.6. The Labute approximate surface area is 215 Å². The van der Waals surface area contributed by atoms with Crippen LogP contribution in [0.2, 0.25) is 0 Å². The molecule has 0 aliphatic carbocycles. The van der Waals surface area contributed by atoms with Crippen LogP contribution in [0.1, 0.15) is 15.9 Å². The summed E-state index contributed by atoms with van der Waals surface area (Å²) < 4.78 is 25.1. The Hall–Kier alpha value is -4.11. The standard InChI is InChI=1S/C28H29FN4O4/c1-36-26-16-21(32-11-13-37-14-12-32)8-9-22(26)27(34)31-24-17-30-23-10-7-20(29)15-25(23)33(28(24)35)18-19-5-3-2-4-6-19/h2-10,15-16,24,30H,11-14,17-18H2,1H3,(H,31,34)/t24-/m0/s1. The van der Waals surface area contributed by atoms with Crippen molar-refractivity contribution in [1.29, 1.82) is 0 Å². The zero-order valence-electron chi connectivity index (χ0n) is 20.6. The second-order valence-electron chi connectivity index (χ2n) is 8.96. The van der Waals surface area contributed by atoms with E-state index in [1.54, 1.807) is 12.1 Å². The van der Waals surface area contributed by atoms with Crippen LogP contribution >= 0.6 is 0 Å². The Bertz CT molecular complexity index is 1280. The molecule has 0 spiro atoms. The van der Waals surface area contributed by atoms with E-state index in [9.17, 15) is 14.0 Å². The maximum Gasteiger partial charge on any atom is 0.255 e. The summed E-state index contributed by atoms with van der Waals surface area (Å²) >= 11 is 0. The lowest BCUT2D eigenvalue weighted by Crippen LogP contribution is -2.50. The fourth-order valence-electron chi connectivity index (χ4n) is 4.65. The van der Waals surface area contributed by atoms with Gasteiger partial charge in [-0.2, -0.15) is 0 Å². The number of ether oxygens (including phenoxy) is 2. The monoisotopic (exact) mass is 504 g/mol. The van der Waals surface area contributed by atoms with Gasteiger partial charge in [-0.1, -0.05) is 30.3 Å². The largest absolute Gasteiger partial charge is 0.496 e. The molecule has 2 aliphatic rings. The summed E-state index contributed by atoms with van der Waals surface area (Å²) in [5, 5.41) is 6.06. The number of methoxy groups -OCH3 is 1. The molecule has 2 amide bonds. The minimum atomic E-state index is -0.879. The van der Waals surface area contributed by atoms with Crippen LogP contribution in [-0.4, -0.2) is 57.8 Å². The molecule has 0 bridgehead atoms. The van der Waals surface area contributed by atoms with Gasteiger partial charge in [-0.05, 0) is 35.9 Å². The van der Waals surface area contributed by atoms with Crippen molar-refractivity contribution in [2.45, 2.75) is 12.6 Å². The van der Waals surface area contributed by atoms with Gasteiger partial charge < -0.3 is 29.9 Å². The number of carbonyl (C=O) groups is 2. The minimum Gasteiger partial charge on any atom is -0.496 e. The predicted octanol–water partition coefficient (Wildman–Crippen LogP) is 3.43. The zero-order chi connectivity index (χ0) is 25.8. The van der Waals surface area contributed by atoms with Gasteiger partial charge in [0.2, 0.25) is 0 Å². The molecule has 9 heteroatoms. The van der Waals surface area contributed by atoms with Gasteiger partial charge >= 0.3 is 0 Å². The number of hydrogen-bond acceptors (Lipinski definition) is 6. The van der Waals surface area contributed by atoms with Crippen molar-refractivity contribution in [2.24, 2.45) is 0 Å². The van der Waals surface area contributed by atoms with E-state index in [-0.39, 0.29) is 19.0 Å². The summed E-state index contributed by atoms with van der Waals surface area (Å²) in [7, 11) is 1.51. The fourth-order valence-corrected chi connectivity index (χ4v) is 4.65. The Morgan fingerprint density at radius 2 is 1.89 bits per heavy atom. The number of halogens is 1. The Balaban J connectivity index is 1.39. The highest BCUT2D eigenvalue weighted by Gasteiger charge is 2.32. The van der Waals surface area contributed by atoms with Gasteiger partial charge in [0, 0.05) is 31.4 Å². The third-order valence-electron chi connectivity index (χ3n) is 6.61. The number of nitrogens with one attached hydrogen (secondary N) is 2. The van der Waals surface area contributed by atoms with E-state index >= 15 is 0 Å². The van der Waals surface area contributed by atoms with Crippen LogP contribution in [0.5, 0.6) is 5.75 Å². The van der Waals surface area contributed by atoms with Crippen molar-refractivity contribution in [2.75, 3.05) is 55.1 Å². The number of anilines is 3. The molecule has 2 heterocycles. The van der Waals surface area contributed by atoms with Crippen LogP contribution in [0.15, 0.2) is 66.7 Å². The lowest BCUT2D eigenvalue weighted by atomic mass is 10.1. The van der Waals surface area contributed by atoms with Gasteiger partial charge in [0.05, 0.1) is 43.8 Å². The van der Waals surface area contributed by atoms with Crippen molar-refractivity contribution >= 4 is 28.9 Å². The molecule has 0 saturated carbocycles. The number of carbonyl (C=O) groups excluding carboxylic acids is 2. The quantitative estimate of drug-likeness (QED) is 0.535. The summed E-state index contributed by atoms with van der Waals surface area (Å²) in [6, 6.07) is 18.3.